The molecule has 0 amide bonds. The van der Waals surface area contributed by atoms with Crippen LogP contribution in [0.3, 0.4) is 0 Å². The Morgan fingerprint density at radius 2 is 2.47 bits per heavy atom. The Balaban J connectivity index is 1.76. The number of hydrogen-bond donors (Lipinski definition) is 2. The molecule has 0 saturated carbocycles. The molecule has 0 aliphatic carbocycles. The normalized spacial score (nSPS) is 24.4. The van der Waals surface area contributed by atoms with Crippen LogP contribution in [0.5, 0.6) is 0 Å². The second-order valence-corrected chi connectivity index (χ2v) is 5.00. The number of nitrogens with zero attached hydrogens (tertiary/aromatic N) is 2. The van der Waals surface area contributed by atoms with Crippen LogP contribution >= 0.6 is 0 Å². The molecule has 1 atom stereocenters. The lowest BCUT2D eigenvalue weighted by Gasteiger charge is -2.27. The summed E-state index contributed by atoms with van der Waals surface area (Å²) in [7, 11) is 2.06. The molecule has 1 aliphatic heterocycles. The van der Waals surface area contributed by atoms with Gasteiger partial charge in [-0.2, -0.15) is 0 Å². The first-order valence-corrected chi connectivity index (χ1v) is 6.19. The van der Waals surface area contributed by atoms with E-state index in [1.165, 1.54) is 5.56 Å². The number of aliphatic hydroxyl groups is 1. The molecule has 2 N–H and O–H groups in total. The maximum Gasteiger partial charge on any atom is 0.0909 e. The molecule has 1 aromatic rings. The van der Waals surface area contributed by atoms with Gasteiger partial charge >= 0.3 is 0 Å². The van der Waals surface area contributed by atoms with Crippen molar-refractivity contribution in [3.63, 3.8) is 0 Å². The van der Waals surface area contributed by atoms with Crippen molar-refractivity contribution in [3.8, 4) is 0 Å². The summed E-state index contributed by atoms with van der Waals surface area (Å²) in [5.41, 5.74) is 0.708. The summed E-state index contributed by atoms with van der Waals surface area (Å²) in [6.45, 7) is 3.32. The fraction of sp³-hybridized carbons (Fsp3) is 0.615. The minimum atomic E-state index is -0.538. The Labute approximate surface area is 103 Å². The van der Waals surface area contributed by atoms with Crippen molar-refractivity contribution in [2.75, 3.05) is 33.2 Å². The van der Waals surface area contributed by atoms with Crippen LogP contribution in [0.4, 0.5) is 0 Å². The van der Waals surface area contributed by atoms with Crippen molar-refractivity contribution < 1.29 is 5.11 Å². The SMILES string of the molecule is CN(CCc1cccnc1)CC1(O)CCNC1. The monoisotopic (exact) mass is 235 g/mol. The summed E-state index contributed by atoms with van der Waals surface area (Å²) in [5, 5.41) is 13.4. The summed E-state index contributed by atoms with van der Waals surface area (Å²) in [4.78, 5) is 6.30. The fourth-order valence-electron chi connectivity index (χ4n) is 2.31. The second-order valence-electron chi connectivity index (χ2n) is 5.00. The van der Waals surface area contributed by atoms with Gasteiger partial charge < -0.3 is 15.3 Å². The van der Waals surface area contributed by atoms with E-state index in [9.17, 15) is 5.11 Å². The molecule has 0 bridgehead atoms. The van der Waals surface area contributed by atoms with Gasteiger partial charge in [-0.25, -0.2) is 0 Å². The molecule has 2 heterocycles. The fourth-order valence-corrected chi connectivity index (χ4v) is 2.31. The highest BCUT2D eigenvalue weighted by Crippen LogP contribution is 2.15. The Bertz CT molecular complexity index is 336. The van der Waals surface area contributed by atoms with Gasteiger partial charge in [-0.15, -0.1) is 0 Å². The average Bonchev–Trinajstić information content (AvgIpc) is 2.74. The molecular formula is C13H21N3O. The molecule has 4 nitrogen and oxygen atoms in total. The minimum absolute atomic E-state index is 0.538. The van der Waals surface area contributed by atoms with Gasteiger partial charge in [0.2, 0.25) is 0 Å². The van der Waals surface area contributed by atoms with E-state index in [0.29, 0.717) is 6.54 Å². The zero-order chi connectivity index (χ0) is 12.1. The average molecular weight is 235 g/mol. The molecule has 4 heteroatoms. The molecule has 1 unspecified atom stereocenters. The van der Waals surface area contributed by atoms with Gasteiger partial charge in [-0.3, -0.25) is 4.98 Å². The van der Waals surface area contributed by atoms with Crippen LogP contribution in [-0.4, -0.2) is 53.8 Å². The van der Waals surface area contributed by atoms with Crippen molar-refractivity contribution in [3.05, 3.63) is 30.1 Å². The number of hydrogen-bond acceptors (Lipinski definition) is 4. The molecule has 0 spiro atoms. The van der Waals surface area contributed by atoms with Crippen molar-refractivity contribution in [2.24, 2.45) is 0 Å². The van der Waals surface area contributed by atoms with Crippen LogP contribution in [0, 0.1) is 0 Å². The standard InChI is InChI=1S/C13H21N3O/c1-16(11-13(17)5-7-15-10-13)8-4-12-3-2-6-14-9-12/h2-3,6,9,15,17H,4-5,7-8,10-11H2,1H3. The van der Waals surface area contributed by atoms with Crippen molar-refractivity contribution >= 4 is 0 Å². The summed E-state index contributed by atoms with van der Waals surface area (Å²) < 4.78 is 0. The van der Waals surface area contributed by atoms with Gasteiger partial charge in [0, 0.05) is 32.0 Å². The first-order valence-electron chi connectivity index (χ1n) is 6.19. The number of pyridine rings is 1. The quantitative estimate of drug-likeness (QED) is 0.769. The van der Waals surface area contributed by atoms with Crippen LogP contribution in [-0.2, 0) is 6.42 Å². The van der Waals surface area contributed by atoms with E-state index < -0.39 is 5.60 Å². The topological polar surface area (TPSA) is 48.4 Å². The zero-order valence-corrected chi connectivity index (χ0v) is 10.4. The van der Waals surface area contributed by atoms with Crippen molar-refractivity contribution in [1.29, 1.82) is 0 Å². The van der Waals surface area contributed by atoms with E-state index in [4.69, 9.17) is 0 Å². The number of likely N-dealkylation sites (N-methyl/N-ethyl adjacent to an activating group) is 1. The molecule has 0 aromatic carbocycles. The van der Waals surface area contributed by atoms with Crippen LogP contribution in [0.15, 0.2) is 24.5 Å². The maximum atomic E-state index is 10.2. The highest BCUT2D eigenvalue weighted by atomic mass is 16.3. The maximum absolute atomic E-state index is 10.2. The summed E-state index contributed by atoms with van der Waals surface area (Å²) in [5.74, 6) is 0. The van der Waals surface area contributed by atoms with E-state index in [0.717, 1.165) is 32.5 Å². The molecule has 94 valence electrons. The van der Waals surface area contributed by atoms with Gasteiger partial charge in [0.25, 0.3) is 0 Å². The summed E-state index contributed by atoms with van der Waals surface area (Å²) in [6, 6.07) is 4.05. The second kappa shape index (κ2) is 5.58. The highest BCUT2D eigenvalue weighted by molar-refractivity contribution is 5.08. The van der Waals surface area contributed by atoms with Gasteiger partial charge in [0.15, 0.2) is 0 Å². The van der Waals surface area contributed by atoms with Gasteiger partial charge in [-0.05, 0) is 38.1 Å². The smallest absolute Gasteiger partial charge is 0.0909 e. The Kier molecular flexibility index (Phi) is 4.10. The van der Waals surface area contributed by atoms with Crippen LogP contribution in [0.2, 0.25) is 0 Å². The van der Waals surface area contributed by atoms with E-state index in [2.05, 4.69) is 28.3 Å². The third-order valence-electron chi connectivity index (χ3n) is 3.29. The Morgan fingerprint density at radius 3 is 3.12 bits per heavy atom. The molecule has 1 aliphatic rings. The van der Waals surface area contributed by atoms with Gasteiger partial charge in [0.1, 0.15) is 0 Å². The third-order valence-corrected chi connectivity index (χ3v) is 3.29. The molecule has 17 heavy (non-hydrogen) atoms. The molecule has 2 rings (SSSR count). The highest BCUT2D eigenvalue weighted by Gasteiger charge is 2.31. The number of rotatable bonds is 5. The van der Waals surface area contributed by atoms with Crippen molar-refractivity contribution in [2.45, 2.75) is 18.4 Å². The lowest BCUT2D eigenvalue weighted by atomic mass is 10.0. The summed E-state index contributed by atoms with van der Waals surface area (Å²) >= 11 is 0. The van der Waals surface area contributed by atoms with Crippen LogP contribution < -0.4 is 5.32 Å². The van der Waals surface area contributed by atoms with E-state index in [1.54, 1.807) is 6.20 Å². The molecular weight excluding hydrogens is 214 g/mol. The van der Waals surface area contributed by atoms with Crippen LogP contribution in [0.1, 0.15) is 12.0 Å². The predicted molar refractivity (Wildman–Crippen MR) is 67.9 cm³/mol. The Hall–Kier alpha value is -0.970. The lowest BCUT2D eigenvalue weighted by molar-refractivity contribution is 0.0287. The van der Waals surface area contributed by atoms with Crippen molar-refractivity contribution in [1.82, 2.24) is 15.2 Å². The van der Waals surface area contributed by atoms with Gasteiger partial charge in [0.05, 0.1) is 5.60 Å². The van der Waals surface area contributed by atoms with E-state index in [-0.39, 0.29) is 0 Å². The number of aromatic nitrogens is 1. The minimum Gasteiger partial charge on any atom is -0.387 e. The zero-order valence-electron chi connectivity index (χ0n) is 10.4. The largest absolute Gasteiger partial charge is 0.387 e. The molecule has 1 fully saturated rings. The molecule has 0 radical (unpaired) electrons. The summed E-state index contributed by atoms with van der Waals surface area (Å²) in [6.07, 6.45) is 5.53. The van der Waals surface area contributed by atoms with Gasteiger partial charge in [-0.1, -0.05) is 6.07 Å². The number of nitrogens with one attached hydrogen (secondary N) is 1. The molecule has 1 aromatic heterocycles. The third kappa shape index (κ3) is 3.77. The van der Waals surface area contributed by atoms with Crippen LogP contribution in [0.25, 0.3) is 0 Å². The van der Waals surface area contributed by atoms with E-state index in [1.807, 2.05) is 12.3 Å². The molecule has 1 saturated heterocycles. The predicted octanol–water partition coefficient (Wildman–Crippen LogP) is 0.280. The van der Waals surface area contributed by atoms with E-state index >= 15 is 0 Å². The number of β-amino-alcohol motifs (C(OH)–C–C–N with tert-alkyl or cyclic N) is 1. The lowest BCUT2D eigenvalue weighted by Crippen LogP contribution is -2.43. The first kappa shape index (κ1) is 12.5. The Morgan fingerprint density at radius 1 is 1.59 bits per heavy atom. The first-order chi connectivity index (χ1) is 8.18.